The monoisotopic (exact) mass is 372 g/mol. The second kappa shape index (κ2) is 7.15. The molecule has 0 fully saturated rings. The second-order valence-electron chi connectivity index (χ2n) is 6.64. The van der Waals surface area contributed by atoms with Crippen LogP contribution in [0, 0.1) is 13.8 Å². The van der Waals surface area contributed by atoms with Crippen LogP contribution in [0.2, 0.25) is 0 Å². The number of nitrogens with one attached hydrogen (secondary N) is 1. The minimum atomic E-state index is -0.191. The summed E-state index contributed by atoms with van der Waals surface area (Å²) in [4.78, 5) is 14.1. The molecule has 1 N–H and O–H groups in total. The fraction of sp³-hybridized carbons (Fsp3) is 0.136. The van der Waals surface area contributed by atoms with Crippen molar-refractivity contribution in [2.24, 2.45) is 0 Å². The quantitative estimate of drug-likeness (QED) is 0.580. The van der Waals surface area contributed by atoms with Crippen molar-refractivity contribution in [3.63, 3.8) is 0 Å². The molecule has 4 aromatic rings. The summed E-state index contributed by atoms with van der Waals surface area (Å²) < 4.78 is 5.12. The minimum absolute atomic E-state index is 0.191. The number of fused-ring (bicyclic) bond motifs is 1. The Labute approximate surface area is 162 Å². The highest BCUT2D eigenvalue weighted by atomic mass is 16.5. The number of amides is 1. The van der Waals surface area contributed by atoms with Crippen LogP contribution in [0.3, 0.4) is 0 Å². The Morgan fingerprint density at radius 3 is 2.36 bits per heavy atom. The molecule has 4 rings (SSSR count). The van der Waals surface area contributed by atoms with E-state index in [0.29, 0.717) is 22.5 Å². The van der Waals surface area contributed by atoms with Crippen LogP contribution in [-0.2, 0) is 0 Å². The highest BCUT2D eigenvalue weighted by Crippen LogP contribution is 2.20. The summed E-state index contributed by atoms with van der Waals surface area (Å²) >= 11 is 0. The Morgan fingerprint density at radius 1 is 0.893 bits per heavy atom. The summed E-state index contributed by atoms with van der Waals surface area (Å²) in [6.45, 7) is 4.14. The average molecular weight is 372 g/mol. The zero-order valence-corrected chi connectivity index (χ0v) is 15.9. The number of hydrogen-bond acceptors (Lipinski definition) is 4. The van der Waals surface area contributed by atoms with Crippen LogP contribution in [0.25, 0.3) is 16.7 Å². The summed E-state index contributed by atoms with van der Waals surface area (Å²) in [5.41, 5.74) is 6.02. The van der Waals surface area contributed by atoms with Gasteiger partial charge in [0.1, 0.15) is 16.8 Å². The van der Waals surface area contributed by atoms with Crippen molar-refractivity contribution < 1.29 is 9.53 Å². The molecule has 0 radical (unpaired) electrons. The highest BCUT2D eigenvalue weighted by Gasteiger charge is 2.10. The lowest BCUT2D eigenvalue weighted by molar-refractivity contribution is 0.102. The molecule has 0 saturated carbocycles. The van der Waals surface area contributed by atoms with Gasteiger partial charge in [-0.1, -0.05) is 6.07 Å². The largest absolute Gasteiger partial charge is 0.497 e. The molecule has 0 bridgehead atoms. The molecule has 6 heteroatoms. The van der Waals surface area contributed by atoms with E-state index in [-0.39, 0.29) is 5.91 Å². The molecular weight excluding hydrogens is 352 g/mol. The summed E-state index contributed by atoms with van der Waals surface area (Å²) in [7, 11) is 1.59. The number of rotatable bonds is 4. The molecule has 140 valence electrons. The first-order chi connectivity index (χ1) is 13.5. The van der Waals surface area contributed by atoms with E-state index >= 15 is 0 Å². The lowest BCUT2D eigenvalue weighted by Gasteiger charge is -2.06. The van der Waals surface area contributed by atoms with Crippen LogP contribution in [0.15, 0.2) is 60.7 Å². The maximum absolute atomic E-state index is 12.5. The molecule has 1 amide bonds. The molecular formula is C22H20N4O2. The average Bonchev–Trinajstić information content (AvgIpc) is 3.13. The number of anilines is 1. The first-order valence-corrected chi connectivity index (χ1v) is 8.93. The fourth-order valence-electron chi connectivity index (χ4n) is 2.90. The van der Waals surface area contributed by atoms with Crippen molar-refractivity contribution in [2.45, 2.75) is 13.8 Å². The van der Waals surface area contributed by atoms with Crippen LogP contribution >= 0.6 is 0 Å². The number of aromatic nitrogens is 3. The van der Waals surface area contributed by atoms with Crippen molar-refractivity contribution >= 4 is 22.6 Å². The summed E-state index contributed by atoms with van der Waals surface area (Å²) in [5.74, 6) is 0.518. The van der Waals surface area contributed by atoms with Gasteiger partial charge in [0.25, 0.3) is 5.91 Å². The van der Waals surface area contributed by atoms with Crippen LogP contribution in [0.1, 0.15) is 21.5 Å². The first kappa shape index (κ1) is 17.7. The van der Waals surface area contributed by atoms with Gasteiger partial charge in [0.05, 0.1) is 12.8 Å². The van der Waals surface area contributed by atoms with Crippen molar-refractivity contribution in [1.82, 2.24) is 15.0 Å². The lowest BCUT2D eigenvalue weighted by Crippen LogP contribution is -2.11. The molecule has 0 unspecified atom stereocenters. The van der Waals surface area contributed by atoms with Crippen LogP contribution in [0.4, 0.5) is 5.69 Å². The van der Waals surface area contributed by atoms with Crippen molar-refractivity contribution in [3.05, 3.63) is 77.4 Å². The van der Waals surface area contributed by atoms with Crippen LogP contribution in [0.5, 0.6) is 5.75 Å². The molecule has 0 aliphatic heterocycles. The Balaban J connectivity index is 1.58. The molecule has 0 spiro atoms. The number of hydrogen-bond donors (Lipinski definition) is 1. The van der Waals surface area contributed by atoms with Gasteiger partial charge in [0.15, 0.2) is 0 Å². The Hall–Kier alpha value is -3.67. The fourth-order valence-corrected chi connectivity index (χ4v) is 2.90. The number of nitrogens with zero attached hydrogens (tertiary/aromatic N) is 3. The lowest BCUT2D eigenvalue weighted by atomic mass is 10.1. The number of carbonyl (C=O) groups excluding carboxylic acids is 1. The van der Waals surface area contributed by atoms with Gasteiger partial charge in [0, 0.05) is 11.3 Å². The number of benzene rings is 3. The molecule has 3 aromatic carbocycles. The molecule has 0 aliphatic carbocycles. The Kier molecular flexibility index (Phi) is 4.53. The third-order valence-electron chi connectivity index (χ3n) is 4.71. The SMILES string of the molecule is COc1ccc(C(=O)Nc2ccc3nn(-c4ccc(C)c(C)c4)nc3c2)cc1. The van der Waals surface area contributed by atoms with Gasteiger partial charge in [-0.2, -0.15) is 4.80 Å². The standard InChI is InChI=1S/C22H20N4O2/c1-14-4-8-18(12-15(14)2)26-24-20-11-7-17(13-21(20)25-26)23-22(27)16-5-9-19(28-3)10-6-16/h4-13H,1-3H3,(H,23,27). The van der Waals surface area contributed by atoms with E-state index in [1.807, 2.05) is 24.3 Å². The topological polar surface area (TPSA) is 69.0 Å². The summed E-state index contributed by atoms with van der Waals surface area (Å²) in [5, 5.41) is 12.0. The molecule has 1 heterocycles. The molecule has 0 saturated heterocycles. The van der Waals surface area contributed by atoms with Gasteiger partial charge in [0.2, 0.25) is 0 Å². The normalized spacial score (nSPS) is 10.8. The molecule has 0 aliphatic rings. The molecule has 6 nitrogen and oxygen atoms in total. The zero-order chi connectivity index (χ0) is 19.7. The number of ether oxygens (including phenoxy) is 1. The number of carbonyl (C=O) groups is 1. The van der Waals surface area contributed by atoms with Gasteiger partial charge < -0.3 is 10.1 Å². The van der Waals surface area contributed by atoms with Gasteiger partial charge in [-0.3, -0.25) is 4.79 Å². The van der Waals surface area contributed by atoms with Crippen molar-refractivity contribution in [2.75, 3.05) is 12.4 Å². The molecule has 0 atom stereocenters. The van der Waals surface area contributed by atoms with E-state index < -0.39 is 0 Å². The van der Waals surface area contributed by atoms with E-state index in [2.05, 4.69) is 41.5 Å². The Morgan fingerprint density at radius 2 is 1.64 bits per heavy atom. The minimum Gasteiger partial charge on any atom is -0.497 e. The molecule has 1 aromatic heterocycles. The highest BCUT2D eigenvalue weighted by molar-refractivity contribution is 6.05. The predicted octanol–water partition coefficient (Wildman–Crippen LogP) is 4.30. The van der Waals surface area contributed by atoms with Crippen LogP contribution < -0.4 is 10.1 Å². The maximum Gasteiger partial charge on any atom is 0.255 e. The van der Waals surface area contributed by atoms with Gasteiger partial charge in [-0.15, -0.1) is 10.2 Å². The smallest absolute Gasteiger partial charge is 0.255 e. The first-order valence-electron chi connectivity index (χ1n) is 8.93. The second-order valence-corrected chi connectivity index (χ2v) is 6.64. The maximum atomic E-state index is 12.5. The molecule has 28 heavy (non-hydrogen) atoms. The third kappa shape index (κ3) is 3.44. The summed E-state index contributed by atoms with van der Waals surface area (Å²) in [6.07, 6.45) is 0. The van der Waals surface area contributed by atoms with E-state index in [1.54, 1.807) is 36.2 Å². The van der Waals surface area contributed by atoms with E-state index in [4.69, 9.17) is 4.74 Å². The summed E-state index contributed by atoms with van der Waals surface area (Å²) in [6, 6.07) is 18.6. The van der Waals surface area contributed by atoms with E-state index in [0.717, 1.165) is 11.2 Å². The van der Waals surface area contributed by atoms with Gasteiger partial charge in [-0.05, 0) is 79.6 Å². The van der Waals surface area contributed by atoms with Gasteiger partial charge in [-0.25, -0.2) is 0 Å². The van der Waals surface area contributed by atoms with Gasteiger partial charge >= 0.3 is 0 Å². The number of methoxy groups -OCH3 is 1. The Bertz CT molecular complexity index is 1160. The van der Waals surface area contributed by atoms with Crippen LogP contribution in [-0.4, -0.2) is 28.0 Å². The predicted molar refractivity (Wildman–Crippen MR) is 109 cm³/mol. The van der Waals surface area contributed by atoms with Crippen molar-refractivity contribution in [1.29, 1.82) is 0 Å². The third-order valence-corrected chi connectivity index (χ3v) is 4.71. The zero-order valence-electron chi connectivity index (χ0n) is 15.9. The van der Waals surface area contributed by atoms with E-state index in [9.17, 15) is 4.79 Å². The van der Waals surface area contributed by atoms with E-state index in [1.165, 1.54) is 11.1 Å². The number of aryl methyl sites for hydroxylation is 2. The van der Waals surface area contributed by atoms with Crippen molar-refractivity contribution in [3.8, 4) is 11.4 Å².